The lowest BCUT2D eigenvalue weighted by molar-refractivity contribution is 0.637. The van der Waals surface area contributed by atoms with Gasteiger partial charge in [-0.3, -0.25) is 0 Å². The van der Waals surface area contributed by atoms with E-state index in [4.69, 9.17) is 5.73 Å². The number of benzene rings is 2. The van der Waals surface area contributed by atoms with Gasteiger partial charge in [0.1, 0.15) is 5.82 Å². The third-order valence-corrected chi connectivity index (χ3v) is 3.20. The van der Waals surface area contributed by atoms with Gasteiger partial charge >= 0.3 is 0 Å². The molecule has 0 amide bonds. The Hall–Kier alpha value is -1.12. The molecule has 0 heterocycles. The average Bonchev–Trinajstić information content (AvgIpc) is 2.98. The first-order valence-electron chi connectivity index (χ1n) is 5.17. The van der Waals surface area contributed by atoms with E-state index in [1.807, 2.05) is 24.3 Å². The molecule has 1 aliphatic carbocycles. The minimum atomic E-state index is -0.201. The fraction of sp³-hybridized carbons (Fsp3) is 0.231. The van der Waals surface area contributed by atoms with Gasteiger partial charge in [-0.15, -0.1) is 12.4 Å². The van der Waals surface area contributed by atoms with Gasteiger partial charge in [0.25, 0.3) is 0 Å². The second kappa shape index (κ2) is 3.72. The van der Waals surface area contributed by atoms with Crippen molar-refractivity contribution >= 4 is 23.2 Å². The standard InChI is InChI=1S/C13H12FN.ClH/c14-12-6-5-11(13(15)7-8-13)9-3-1-2-4-10(9)12;/h1-6H,7-8,15H2;1H. The van der Waals surface area contributed by atoms with E-state index in [1.165, 1.54) is 6.07 Å². The molecule has 2 N–H and O–H groups in total. The van der Waals surface area contributed by atoms with Crippen LogP contribution >= 0.6 is 12.4 Å². The number of hydrogen-bond acceptors (Lipinski definition) is 1. The molecule has 0 spiro atoms. The monoisotopic (exact) mass is 237 g/mol. The smallest absolute Gasteiger partial charge is 0.131 e. The van der Waals surface area contributed by atoms with Crippen LogP contribution in [-0.4, -0.2) is 0 Å². The summed E-state index contributed by atoms with van der Waals surface area (Å²) in [5.74, 6) is -0.168. The molecule has 1 aliphatic rings. The van der Waals surface area contributed by atoms with Gasteiger partial charge in [-0.05, 0) is 29.9 Å². The zero-order chi connectivity index (χ0) is 10.5. The molecule has 0 atom stereocenters. The van der Waals surface area contributed by atoms with Crippen molar-refractivity contribution in [2.75, 3.05) is 0 Å². The van der Waals surface area contributed by atoms with Crippen molar-refractivity contribution in [3.05, 3.63) is 47.8 Å². The van der Waals surface area contributed by atoms with Gasteiger partial charge < -0.3 is 5.73 Å². The van der Waals surface area contributed by atoms with E-state index in [9.17, 15) is 4.39 Å². The molecule has 0 aliphatic heterocycles. The second-order valence-electron chi connectivity index (χ2n) is 4.30. The van der Waals surface area contributed by atoms with Crippen LogP contribution in [0.3, 0.4) is 0 Å². The van der Waals surface area contributed by atoms with Crippen LogP contribution < -0.4 is 5.73 Å². The van der Waals surface area contributed by atoms with Crippen molar-refractivity contribution in [2.24, 2.45) is 5.73 Å². The molecule has 3 rings (SSSR count). The minimum Gasteiger partial charge on any atom is -0.321 e. The molecule has 2 aromatic rings. The summed E-state index contributed by atoms with van der Waals surface area (Å²) < 4.78 is 13.5. The fourth-order valence-electron chi connectivity index (χ4n) is 2.10. The predicted octanol–water partition coefficient (Wildman–Crippen LogP) is 3.35. The molecular formula is C13H13ClFN. The second-order valence-corrected chi connectivity index (χ2v) is 4.30. The number of fused-ring (bicyclic) bond motifs is 1. The van der Waals surface area contributed by atoms with E-state index in [1.54, 1.807) is 6.07 Å². The SMILES string of the molecule is Cl.NC1(c2ccc(F)c3ccccc23)CC1. The summed E-state index contributed by atoms with van der Waals surface area (Å²) >= 11 is 0. The highest BCUT2D eigenvalue weighted by Crippen LogP contribution is 2.45. The summed E-state index contributed by atoms with van der Waals surface area (Å²) in [6.45, 7) is 0. The van der Waals surface area contributed by atoms with Gasteiger partial charge in [0.05, 0.1) is 0 Å². The zero-order valence-corrected chi connectivity index (χ0v) is 9.56. The molecule has 84 valence electrons. The summed E-state index contributed by atoms with van der Waals surface area (Å²) in [5.41, 5.74) is 7.04. The predicted molar refractivity (Wildman–Crippen MR) is 66.3 cm³/mol. The first-order chi connectivity index (χ1) is 7.21. The largest absolute Gasteiger partial charge is 0.321 e. The van der Waals surface area contributed by atoms with Gasteiger partial charge in [-0.2, -0.15) is 0 Å². The van der Waals surface area contributed by atoms with Crippen LogP contribution in [0.1, 0.15) is 18.4 Å². The van der Waals surface area contributed by atoms with Crippen LogP contribution in [-0.2, 0) is 5.54 Å². The number of rotatable bonds is 1. The van der Waals surface area contributed by atoms with Crippen molar-refractivity contribution in [1.29, 1.82) is 0 Å². The Morgan fingerprint density at radius 1 is 1.00 bits per heavy atom. The highest BCUT2D eigenvalue weighted by Gasteiger charge is 2.41. The van der Waals surface area contributed by atoms with Crippen LogP contribution in [0.5, 0.6) is 0 Å². The molecule has 3 heteroatoms. The van der Waals surface area contributed by atoms with Crippen molar-refractivity contribution in [3.63, 3.8) is 0 Å². The van der Waals surface area contributed by atoms with Crippen molar-refractivity contribution in [3.8, 4) is 0 Å². The quantitative estimate of drug-likeness (QED) is 0.809. The Morgan fingerprint density at radius 3 is 2.25 bits per heavy atom. The van der Waals surface area contributed by atoms with Crippen LogP contribution in [0.15, 0.2) is 36.4 Å². The Bertz CT molecular complexity index is 534. The third kappa shape index (κ3) is 1.58. The van der Waals surface area contributed by atoms with Gasteiger partial charge in [-0.1, -0.05) is 30.3 Å². The maximum Gasteiger partial charge on any atom is 0.131 e. The summed E-state index contributed by atoms with van der Waals surface area (Å²) in [4.78, 5) is 0. The van der Waals surface area contributed by atoms with Gasteiger partial charge in [0.2, 0.25) is 0 Å². The average molecular weight is 238 g/mol. The van der Waals surface area contributed by atoms with Crippen LogP contribution in [0.4, 0.5) is 4.39 Å². The molecule has 1 saturated carbocycles. The van der Waals surface area contributed by atoms with Crippen molar-refractivity contribution in [2.45, 2.75) is 18.4 Å². The first-order valence-corrected chi connectivity index (χ1v) is 5.17. The fourth-order valence-corrected chi connectivity index (χ4v) is 2.10. The summed E-state index contributed by atoms with van der Waals surface area (Å²) in [5, 5.41) is 1.63. The lowest BCUT2D eigenvalue weighted by atomic mass is 9.97. The van der Waals surface area contributed by atoms with Crippen molar-refractivity contribution in [1.82, 2.24) is 0 Å². The molecule has 2 aromatic carbocycles. The van der Waals surface area contributed by atoms with Crippen molar-refractivity contribution < 1.29 is 4.39 Å². The van der Waals surface area contributed by atoms with Gasteiger partial charge in [0.15, 0.2) is 0 Å². The molecule has 0 saturated heterocycles. The van der Waals surface area contributed by atoms with E-state index >= 15 is 0 Å². The summed E-state index contributed by atoms with van der Waals surface area (Å²) in [7, 11) is 0. The zero-order valence-electron chi connectivity index (χ0n) is 8.74. The normalized spacial score (nSPS) is 16.9. The molecule has 0 radical (unpaired) electrons. The topological polar surface area (TPSA) is 26.0 Å². The molecule has 1 nitrogen and oxygen atoms in total. The Morgan fingerprint density at radius 2 is 1.62 bits per heavy atom. The van der Waals surface area contributed by atoms with Crippen LogP contribution in [0.2, 0.25) is 0 Å². The maximum absolute atomic E-state index is 13.5. The van der Waals surface area contributed by atoms with Crippen LogP contribution in [0.25, 0.3) is 10.8 Å². The van der Waals surface area contributed by atoms with E-state index in [0.717, 1.165) is 23.8 Å². The van der Waals surface area contributed by atoms with E-state index < -0.39 is 0 Å². The number of hydrogen-bond donors (Lipinski definition) is 1. The Balaban J connectivity index is 0.000000963. The van der Waals surface area contributed by atoms with E-state index in [2.05, 4.69) is 0 Å². The number of halogens is 2. The van der Waals surface area contributed by atoms with Gasteiger partial charge in [-0.25, -0.2) is 4.39 Å². The molecule has 16 heavy (non-hydrogen) atoms. The highest BCUT2D eigenvalue weighted by molar-refractivity contribution is 5.87. The Kier molecular flexibility index (Phi) is 2.64. The molecule has 0 unspecified atom stereocenters. The lowest BCUT2D eigenvalue weighted by Gasteiger charge is -2.13. The molecule has 0 bridgehead atoms. The molecular weight excluding hydrogens is 225 g/mol. The molecule has 1 fully saturated rings. The lowest BCUT2D eigenvalue weighted by Crippen LogP contribution is -2.19. The van der Waals surface area contributed by atoms with Gasteiger partial charge in [0, 0.05) is 10.9 Å². The highest BCUT2D eigenvalue weighted by atomic mass is 35.5. The maximum atomic E-state index is 13.5. The molecule has 0 aromatic heterocycles. The third-order valence-electron chi connectivity index (χ3n) is 3.20. The summed E-state index contributed by atoms with van der Waals surface area (Å²) in [6.07, 6.45) is 2.01. The van der Waals surface area contributed by atoms with E-state index in [-0.39, 0.29) is 23.8 Å². The van der Waals surface area contributed by atoms with E-state index in [0.29, 0.717) is 5.39 Å². The Labute approximate surface area is 99.9 Å². The summed E-state index contributed by atoms with van der Waals surface area (Å²) in [6, 6.07) is 10.9. The number of nitrogens with two attached hydrogens (primary N) is 1. The first kappa shape index (κ1) is 11.4. The van der Waals surface area contributed by atoms with Crippen LogP contribution in [0, 0.1) is 5.82 Å². The minimum absolute atomic E-state index is 0.